The maximum absolute atomic E-state index is 11.7. The first-order valence-electron chi connectivity index (χ1n) is 5.17. The molecule has 1 amide bonds. The number of hydrogen-bond donors (Lipinski definition) is 2. The van der Waals surface area contributed by atoms with Gasteiger partial charge in [0.05, 0.1) is 5.56 Å². The van der Waals surface area contributed by atoms with Gasteiger partial charge in [0, 0.05) is 11.4 Å². The molecule has 2 nitrogen and oxygen atoms in total. The summed E-state index contributed by atoms with van der Waals surface area (Å²) in [7, 11) is 0. The van der Waals surface area contributed by atoms with E-state index in [-0.39, 0.29) is 5.91 Å². The Morgan fingerprint density at radius 3 is 2.67 bits per heavy atom. The molecule has 0 fully saturated rings. The largest absolute Gasteiger partial charge is 0.352 e. The molecule has 0 unspecified atom stereocenters. The highest BCUT2D eigenvalue weighted by Gasteiger charge is 2.07. The molecule has 3 heteroatoms. The zero-order valence-electron chi connectivity index (χ0n) is 9.16. The van der Waals surface area contributed by atoms with E-state index in [1.165, 1.54) is 0 Å². The van der Waals surface area contributed by atoms with E-state index < -0.39 is 0 Å². The number of amides is 1. The van der Waals surface area contributed by atoms with Gasteiger partial charge in [0.1, 0.15) is 0 Å². The van der Waals surface area contributed by atoms with Crippen LogP contribution in [-0.4, -0.2) is 12.5 Å². The molecule has 0 aliphatic heterocycles. The van der Waals surface area contributed by atoms with Crippen LogP contribution in [0.4, 0.5) is 0 Å². The summed E-state index contributed by atoms with van der Waals surface area (Å²) in [4.78, 5) is 12.4. The van der Waals surface area contributed by atoms with E-state index >= 15 is 0 Å². The van der Waals surface area contributed by atoms with Gasteiger partial charge < -0.3 is 5.32 Å². The van der Waals surface area contributed by atoms with E-state index in [1.54, 1.807) is 6.07 Å². The molecule has 1 N–H and O–H groups in total. The molecule has 0 saturated heterocycles. The Morgan fingerprint density at radius 2 is 2.07 bits per heavy atom. The molecule has 0 aliphatic carbocycles. The van der Waals surface area contributed by atoms with Crippen molar-refractivity contribution in [3.63, 3.8) is 0 Å². The van der Waals surface area contributed by atoms with Crippen molar-refractivity contribution in [3.8, 4) is 0 Å². The number of thiol groups is 1. The van der Waals surface area contributed by atoms with Crippen molar-refractivity contribution in [2.75, 3.05) is 6.54 Å². The van der Waals surface area contributed by atoms with Gasteiger partial charge in [-0.15, -0.1) is 12.6 Å². The molecule has 1 aromatic carbocycles. The molecule has 0 heterocycles. The van der Waals surface area contributed by atoms with Gasteiger partial charge in [-0.05, 0) is 24.5 Å². The Balaban J connectivity index is 2.51. The van der Waals surface area contributed by atoms with E-state index in [2.05, 4.69) is 31.8 Å². The minimum atomic E-state index is -0.0405. The lowest BCUT2D eigenvalue weighted by Gasteiger charge is -2.08. The van der Waals surface area contributed by atoms with Crippen LogP contribution >= 0.6 is 12.6 Å². The number of carbonyl (C=O) groups is 1. The summed E-state index contributed by atoms with van der Waals surface area (Å²) in [6.07, 6.45) is 1.00. The zero-order valence-corrected chi connectivity index (χ0v) is 10.1. The highest BCUT2D eigenvalue weighted by molar-refractivity contribution is 7.80. The van der Waals surface area contributed by atoms with Crippen LogP contribution in [0.25, 0.3) is 0 Å². The number of hydrogen-bond acceptors (Lipinski definition) is 2. The van der Waals surface area contributed by atoms with Gasteiger partial charge >= 0.3 is 0 Å². The van der Waals surface area contributed by atoms with Gasteiger partial charge in [-0.3, -0.25) is 4.79 Å². The molecule has 1 rings (SSSR count). The molecule has 0 aliphatic rings. The van der Waals surface area contributed by atoms with E-state index in [4.69, 9.17) is 0 Å². The van der Waals surface area contributed by atoms with Crippen LogP contribution < -0.4 is 5.32 Å². The van der Waals surface area contributed by atoms with Crippen LogP contribution in [0.5, 0.6) is 0 Å². The standard InChI is InChI=1S/C12H17NOS/c1-9(2)7-8-13-12(14)10-5-3-4-6-11(10)15/h3-6,9,15H,7-8H2,1-2H3,(H,13,14). The van der Waals surface area contributed by atoms with E-state index in [1.807, 2.05) is 18.2 Å². The van der Waals surface area contributed by atoms with E-state index in [0.717, 1.165) is 17.9 Å². The molecule has 15 heavy (non-hydrogen) atoms. The summed E-state index contributed by atoms with van der Waals surface area (Å²) in [6.45, 7) is 5.00. The molecular weight excluding hydrogens is 206 g/mol. The fraction of sp³-hybridized carbons (Fsp3) is 0.417. The predicted octanol–water partition coefficient (Wildman–Crippen LogP) is 2.75. The highest BCUT2D eigenvalue weighted by atomic mass is 32.1. The normalized spacial score (nSPS) is 10.4. The lowest BCUT2D eigenvalue weighted by molar-refractivity contribution is 0.0949. The van der Waals surface area contributed by atoms with Gasteiger partial charge in [0.2, 0.25) is 0 Å². The molecule has 82 valence electrons. The Morgan fingerprint density at radius 1 is 1.40 bits per heavy atom. The second-order valence-electron chi connectivity index (χ2n) is 3.96. The van der Waals surface area contributed by atoms with E-state index in [0.29, 0.717) is 11.5 Å². The second kappa shape index (κ2) is 5.81. The fourth-order valence-electron chi connectivity index (χ4n) is 1.24. The first-order valence-corrected chi connectivity index (χ1v) is 5.62. The van der Waals surface area contributed by atoms with Crippen molar-refractivity contribution in [3.05, 3.63) is 29.8 Å². The maximum Gasteiger partial charge on any atom is 0.252 e. The van der Waals surface area contributed by atoms with Gasteiger partial charge in [-0.25, -0.2) is 0 Å². The zero-order chi connectivity index (χ0) is 11.3. The SMILES string of the molecule is CC(C)CCNC(=O)c1ccccc1S. The van der Waals surface area contributed by atoms with Gasteiger partial charge in [-0.2, -0.15) is 0 Å². The average Bonchev–Trinajstić information content (AvgIpc) is 2.17. The van der Waals surface area contributed by atoms with Crippen LogP contribution in [0.1, 0.15) is 30.6 Å². The molecule has 0 radical (unpaired) electrons. The number of rotatable bonds is 4. The number of carbonyl (C=O) groups excluding carboxylic acids is 1. The molecular formula is C12H17NOS. The number of benzene rings is 1. The smallest absolute Gasteiger partial charge is 0.252 e. The Bertz CT molecular complexity index is 336. The summed E-state index contributed by atoms with van der Waals surface area (Å²) < 4.78 is 0. The fourth-order valence-corrected chi connectivity index (χ4v) is 1.50. The Labute approximate surface area is 96.5 Å². The maximum atomic E-state index is 11.7. The third-order valence-electron chi connectivity index (χ3n) is 2.16. The summed E-state index contributed by atoms with van der Waals surface area (Å²) in [5.74, 6) is 0.567. The summed E-state index contributed by atoms with van der Waals surface area (Å²) >= 11 is 4.24. The van der Waals surface area contributed by atoms with E-state index in [9.17, 15) is 4.79 Å². The lowest BCUT2D eigenvalue weighted by atomic mass is 10.1. The summed E-state index contributed by atoms with van der Waals surface area (Å²) in [5.41, 5.74) is 0.643. The lowest BCUT2D eigenvalue weighted by Crippen LogP contribution is -2.25. The Hall–Kier alpha value is -0.960. The predicted molar refractivity (Wildman–Crippen MR) is 65.5 cm³/mol. The minimum Gasteiger partial charge on any atom is -0.352 e. The number of nitrogens with one attached hydrogen (secondary N) is 1. The molecule has 0 aromatic heterocycles. The van der Waals surface area contributed by atoms with Crippen molar-refractivity contribution in [1.82, 2.24) is 5.32 Å². The Kier molecular flexibility index (Phi) is 4.69. The topological polar surface area (TPSA) is 29.1 Å². The van der Waals surface area contributed by atoms with Crippen LogP contribution in [0, 0.1) is 5.92 Å². The first-order chi connectivity index (χ1) is 7.11. The third kappa shape index (κ3) is 3.96. The quantitative estimate of drug-likeness (QED) is 0.755. The second-order valence-corrected chi connectivity index (χ2v) is 4.44. The van der Waals surface area contributed by atoms with Crippen molar-refractivity contribution in [1.29, 1.82) is 0 Å². The molecule has 0 saturated carbocycles. The van der Waals surface area contributed by atoms with Crippen LogP contribution in [0.15, 0.2) is 29.2 Å². The average molecular weight is 223 g/mol. The van der Waals surface area contributed by atoms with Crippen molar-refractivity contribution < 1.29 is 4.79 Å². The molecule has 0 atom stereocenters. The molecule has 1 aromatic rings. The first kappa shape index (κ1) is 12.1. The van der Waals surface area contributed by atoms with Gasteiger partial charge in [0.15, 0.2) is 0 Å². The highest BCUT2D eigenvalue weighted by Crippen LogP contribution is 2.12. The van der Waals surface area contributed by atoms with Crippen LogP contribution in [-0.2, 0) is 0 Å². The van der Waals surface area contributed by atoms with Crippen molar-refractivity contribution in [2.45, 2.75) is 25.2 Å². The van der Waals surface area contributed by atoms with Crippen LogP contribution in [0.3, 0.4) is 0 Å². The minimum absolute atomic E-state index is 0.0405. The monoisotopic (exact) mass is 223 g/mol. The summed E-state index contributed by atoms with van der Waals surface area (Å²) in [5, 5.41) is 2.88. The van der Waals surface area contributed by atoms with Crippen molar-refractivity contribution >= 4 is 18.5 Å². The molecule has 0 bridgehead atoms. The van der Waals surface area contributed by atoms with Gasteiger partial charge in [-0.1, -0.05) is 26.0 Å². The molecule has 0 spiro atoms. The van der Waals surface area contributed by atoms with Gasteiger partial charge in [0.25, 0.3) is 5.91 Å². The summed E-state index contributed by atoms with van der Waals surface area (Å²) in [6, 6.07) is 7.32. The van der Waals surface area contributed by atoms with Crippen molar-refractivity contribution in [2.24, 2.45) is 5.92 Å². The third-order valence-corrected chi connectivity index (χ3v) is 2.55. The van der Waals surface area contributed by atoms with Crippen LogP contribution in [0.2, 0.25) is 0 Å².